The van der Waals surface area contributed by atoms with Crippen LogP contribution in [0.15, 0.2) is 0 Å². The van der Waals surface area contributed by atoms with E-state index in [1.807, 2.05) is 6.92 Å². The average molecular weight is 186 g/mol. The molecule has 0 saturated heterocycles. The highest BCUT2D eigenvalue weighted by molar-refractivity contribution is 4.86. The molecule has 0 radical (unpaired) electrons. The zero-order chi connectivity index (χ0) is 9.68. The zero-order valence-electron chi connectivity index (χ0n) is 8.75. The Bertz CT molecular complexity index is 135. The summed E-state index contributed by atoms with van der Waals surface area (Å²) in [6.45, 7) is 5.95. The first-order chi connectivity index (χ1) is 6.26. The van der Waals surface area contributed by atoms with E-state index in [4.69, 9.17) is 10.5 Å². The molecule has 1 aliphatic rings. The molecule has 0 aromatic heterocycles. The Labute approximate surface area is 81.0 Å². The minimum absolute atomic E-state index is 0.311. The van der Waals surface area contributed by atoms with Gasteiger partial charge in [0, 0.05) is 25.2 Å². The van der Waals surface area contributed by atoms with Gasteiger partial charge in [-0.3, -0.25) is 0 Å². The molecule has 0 heterocycles. The summed E-state index contributed by atoms with van der Waals surface area (Å²) >= 11 is 0. The van der Waals surface area contributed by atoms with E-state index in [0.717, 1.165) is 32.4 Å². The Hall–Kier alpha value is -0.120. The quantitative estimate of drug-likeness (QED) is 0.647. The van der Waals surface area contributed by atoms with Crippen LogP contribution in [0.4, 0.5) is 0 Å². The van der Waals surface area contributed by atoms with Crippen LogP contribution in [0.5, 0.6) is 0 Å². The van der Waals surface area contributed by atoms with Crippen molar-refractivity contribution in [3.05, 3.63) is 0 Å². The van der Waals surface area contributed by atoms with Gasteiger partial charge in [0.25, 0.3) is 0 Å². The molecule has 0 spiro atoms. The summed E-state index contributed by atoms with van der Waals surface area (Å²) in [4.78, 5) is 0. The SMILES string of the molecule is CCOC1CC(NCC(N)CC)C1. The summed E-state index contributed by atoms with van der Waals surface area (Å²) in [5, 5.41) is 3.45. The maximum atomic E-state index is 5.80. The largest absolute Gasteiger partial charge is 0.378 e. The van der Waals surface area contributed by atoms with Gasteiger partial charge in [0.1, 0.15) is 0 Å². The minimum Gasteiger partial charge on any atom is -0.378 e. The maximum absolute atomic E-state index is 5.80. The molecule has 3 N–H and O–H groups in total. The molecule has 1 saturated carbocycles. The lowest BCUT2D eigenvalue weighted by atomic mass is 9.89. The molecule has 1 unspecified atom stereocenters. The third kappa shape index (κ3) is 3.63. The van der Waals surface area contributed by atoms with Crippen molar-refractivity contribution >= 4 is 0 Å². The normalized spacial score (nSPS) is 29.8. The Balaban J connectivity index is 1.95. The molecule has 1 rings (SSSR count). The Kier molecular flexibility index (Phi) is 4.70. The van der Waals surface area contributed by atoms with Crippen molar-refractivity contribution in [2.24, 2.45) is 5.73 Å². The highest BCUT2D eigenvalue weighted by Gasteiger charge is 2.28. The van der Waals surface area contributed by atoms with Crippen molar-refractivity contribution < 1.29 is 4.74 Å². The van der Waals surface area contributed by atoms with Crippen LogP contribution in [-0.4, -0.2) is 31.3 Å². The average Bonchev–Trinajstić information content (AvgIpc) is 2.08. The van der Waals surface area contributed by atoms with Gasteiger partial charge in [0.15, 0.2) is 0 Å². The van der Waals surface area contributed by atoms with Crippen molar-refractivity contribution in [2.45, 2.75) is 51.3 Å². The van der Waals surface area contributed by atoms with E-state index in [2.05, 4.69) is 12.2 Å². The lowest BCUT2D eigenvalue weighted by Crippen LogP contribution is -2.48. The number of nitrogens with one attached hydrogen (secondary N) is 1. The van der Waals surface area contributed by atoms with Crippen LogP contribution >= 0.6 is 0 Å². The highest BCUT2D eigenvalue weighted by atomic mass is 16.5. The van der Waals surface area contributed by atoms with Gasteiger partial charge in [-0.25, -0.2) is 0 Å². The highest BCUT2D eigenvalue weighted by Crippen LogP contribution is 2.22. The fraction of sp³-hybridized carbons (Fsp3) is 1.00. The van der Waals surface area contributed by atoms with Gasteiger partial charge in [-0.2, -0.15) is 0 Å². The van der Waals surface area contributed by atoms with Crippen LogP contribution in [0.1, 0.15) is 33.1 Å². The van der Waals surface area contributed by atoms with Gasteiger partial charge in [0.2, 0.25) is 0 Å². The fourth-order valence-electron chi connectivity index (χ4n) is 1.57. The lowest BCUT2D eigenvalue weighted by Gasteiger charge is -2.36. The summed E-state index contributed by atoms with van der Waals surface area (Å²) in [6, 6.07) is 0.959. The molecular weight excluding hydrogens is 164 g/mol. The van der Waals surface area contributed by atoms with Crippen LogP contribution in [-0.2, 0) is 4.74 Å². The summed E-state index contributed by atoms with van der Waals surface area (Å²) in [5.74, 6) is 0. The third-order valence-corrected chi connectivity index (χ3v) is 2.69. The third-order valence-electron chi connectivity index (χ3n) is 2.69. The molecule has 3 nitrogen and oxygen atoms in total. The molecule has 3 heteroatoms. The van der Waals surface area contributed by atoms with Gasteiger partial charge in [0.05, 0.1) is 6.10 Å². The van der Waals surface area contributed by atoms with E-state index in [9.17, 15) is 0 Å². The first-order valence-electron chi connectivity index (χ1n) is 5.36. The fourth-order valence-corrected chi connectivity index (χ4v) is 1.57. The predicted octanol–water partition coefficient (Wildman–Crippen LogP) is 0.881. The molecule has 0 aromatic carbocycles. The summed E-state index contributed by atoms with van der Waals surface area (Å²) in [6.07, 6.45) is 3.86. The first-order valence-corrected chi connectivity index (χ1v) is 5.36. The maximum Gasteiger partial charge on any atom is 0.0604 e. The molecule has 1 atom stereocenters. The number of nitrogens with two attached hydrogens (primary N) is 1. The monoisotopic (exact) mass is 186 g/mol. The summed E-state index contributed by atoms with van der Waals surface area (Å²) < 4.78 is 5.47. The second kappa shape index (κ2) is 5.58. The molecule has 78 valence electrons. The van der Waals surface area contributed by atoms with E-state index in [1.165, 1.54) is 0 Å². The Morgan fingerprint density at radius 3 is 2.69 bits per heavy atom. The molecular formula is C10H22N2O. The summed E-state index contributed by atoms with van der Waals surface area (Å²) in [7, 11) is 0. The van der Waals surface area contributed by atoms with Crippen LogP contribution in [0.2, 0.25) is 0 Å². The van der Waals surface area contributed by atoms with Crippen molar-refractivity contribution in [3.63, 3.8) is 0 Å². The molecule has 1 aliphatic carbocycles. The number of hydrogen-bond acceptors (Lipinski definition) is 3. The van der Waals surface area contributed by atoms with Crippen LogP contribution in [0.3, 0.4) is 0 Å². The molecule has 0 aliphatic heterocycles. The second-order valence-corrected chi connectivity index (χ2v) is 3.82. The topological polar surface area (TPSA) is 47.3 Å². The summed E-state index contributed by atoms with van der Waals surface area (Å²) in [5.41, 5.74) is 5.80. The Morgan fingerprint density at radius 2 is 2.15 bits per heavy atom. The lowest BCUT2D eigenvalue weighted by molar-refractivity contribution is -0.00999. The molecule has 0 aromatic rings. The molecule has 0 amide bonds. The number of ether oxygens (including phenoxy) is 1. The number of hydrogen-bond donors (Lipinski definition) is 2. The Morgan fingerprint density at radius 1 is 1.46 bits per heavy atom. The standard InChI is InChI=1S/C10H22N2O/c1-3-8(11)7-12-9-5-10(6-9)13-4-2/h8-10,12H,3-7,11H2,1-2H3. The van der Waals surface area contributed by atoms with E-state index < -0.39 is 0 Å². The van der Waals surface area contributed by atoms with Crippen LogP contribution < -0.4 is 11.1 Å². The van der Waals surface area contributed by atoms with Crippen molar-refractivity contribution in [1.82, 2.24) is 5.32 Å². The van der Waals surface area contributed by atoms with Gasteiger partial charge in [-0.05, 0) is 26.2 Å². The minimum atomic E-state index is 0.311. The van der Waals surface area contributed by atoms with E-state index in [0.29, 0.717) is 18.2 Å². The van der Waals surface area contributed by atoms with Gasteiger partial charge in [-0.15, -0.1) is 0 Å². The van der Waals surface area contributed by atoms with Crippen molar-refractivity contribution in [1.29, 1.82) is 0 Å². The van der Waals surface area contributed by atoms with Crippen molar-refractivity contribution in [2.75, 3.05) is 13.2 Å². The zero-order valence-corrected chi connectivity index (χ0v) is 8.75. The van der Waals surface area contributed by atoms with E-state index in [1.54, 1.807) is 0 Å². The van der Waals surface area contributed by atoms with Crippen LogP contribution in [0, 0.1) is 0 Å². The smallest absolute Gasteiger partial charge is 0.0604 e. The number of rotatable bonds is 6. The molecule has 0 bridgehead atoms. The van der Waals surface area contributed by atoms with Gasteiger partial charge < -0.3 is 15.8 Å². The molecule has 13 heavy (non-hydrogen) atoms. The van der Waals surface area contributed by atoms with Crippen molar-refractivity contribution in [3.8, 4) is 0 Å². The van der Waals surface area contributed by atoms with E-state index >= 15 is 0 Å². The first kappa shape index (κ1) is 11.0. The molecule has 1 fully saturated rings. The van der Waals surface area contributed by atoms with Gasteiger partial charge >= 0.3 is 0 Å². The predicted molar refractivity (Wildman–Crippen MR) is 54.7 cm³/mol. The van der Waals surface area contributed by atoms with Crippen LogP contribution in [0.25, 0.3) is 0 Å². The van der Waals surface area contributed by atoms with Gasteiger partial charge in [-0.1, -0.05) is 6.92 Å². The van der Waals surface area contributed by atoms with E-state index in [-0.39, 0.29) is 0 Å². The second-order valence-electron chi connectivity index (χ2n) is 3.82.